The van der Waals surface area contributed by atoms with Crippen molar-refractivity contribution >= 4 is 11.6 Å². The molecule has 2 N–H and O–H groups in total. The summed E-state index contributed by atoms with van der Waals surface area (Å²) in [7, 11) is 4.11. The normalized spacial score (nSPS) is 10.8. The van der Waals surface area contributed by atoms with Gasteiger partial charge in [0.05, 0.1) is 0 Å². The van der Waals surface area contributed by atoms with E-state index in [2.05, 4.69) is 70.8 Å². The average Bonchev–Trinajstić information content (AvgIpc) is 2.46. The Bertz CT molecular complexity index is 592. The van der Waals surface area contributed by atoms with Crippen molar-refractivity contribution in [2.24, 2.45) is 0 Å². The molecule has 0 saturated heterocycles. The van der Waals surface area contributed by atoms with Crippen LogP contribution in [0.15, 0.2) is 30.3 Å². The highest BCUT2D eigenvalue weighted by Gasteiger charge is 2.02. The van der Waals surface area contributed by atoms with Crippen molar-refractivity contribution in [3.8, 4) is 0 Å². The number of nitrogens with one attached hydrogen (secondary N) is 2. The van der Waals surface area contributed by atoms with Crippen molar-refractivity contribution in [1.29, 1.82) is 0 Å². The van der Waals surface area contributed by atoms with Gasteiger partial charge in [-0.1, -0.05) is 29.8 Å². The van der Waals surface area contributed by atoms with Gasteiger partial charge >= 0.3 is 0 Å². The lowest BCUT2D eigenvalue weighted by Gasteiger charge is -2.12. The lowest BCUT2D eigenvalue weighted by Crippen LogP contribution is -2.21. The van der Waals surface area contributed by atoms with Gasteiger partial charge in [-0.25, -0.2) is 9.97 Å². The van der Waals surface area contributed by atoms with Crippen LogP contribution >= 0.6 is 0 Å². The Hall–Kier alpha value is -2.14. The first-order valence-electron chi connectivity index (χ1n) is 7.56. The van der Waals surface area contributed by atoms with E-state index in [4.69, 9.17) is 0 Å². The molecule has 5 heteroatoms. The summed E-state index contributed by atoms with van der Waals surface area (Å²) in [6.07, 6.45) is 0. The van der Waals surface area contributed by atoms with Crippen LogP contribution in [0.5, 0.6) is 0 Å². The van der Waals surface area contributed by atoms with Gasteiger partial charge in [-0.2, -0.15) is 0 Å². The molecule has 5 nitrogen and oxygen atoms in total. The summed E-state index contributed by atoms with van der Waals surface area (Å²) < 4.78 is 0. The molecule has 0 aliphatic rings. The van der Waals surface area contributed by atoms with Crippen LogP contribution in [0.1, 0.15) is 17.0 Å². The smallest absolute Gasteiger partial charge is 0.132 e. The largest absolute Gasteiger partial charge is 0.369 e. The molecule has 0 saturated carbocycles. The molecule has 0 atom stereocenters. The number of aromatic nitrogens is 2. The number of hydrogen-bond acceptors (Lipinski definition) is 5. The summed E-state index contributed by atoms with van der Waals surface area (Å²) in [5.41, 5.74) is 2.51. The van der Waals surface area contributed by atoms with Crippen molar-refractivity contribution in [1.82, 2.24) is 14.9 Å². The minimum absolute atomic E-state index is 0.758. The second kappa shape index (κ2) is 7.75. The van der Waals surface area contributed by atoms with E-state index in [1.807, 2.05) is 13.0 Å². The first-order valence-corrected chi connectivity index (χ1v) is 7.56. The molecular weight excluding hydrogens is 274 g/mol. The zero-order valence-electron chi connectivity index (χ0n) is 13.8. The van der Waals surface area contributed by atoms with Gasteiger partial charge in [0, 0.05) is 25.7 Å². The fourth-order valence-corrected chi connectivity index (χ4v) is 2.05. The Morgan fingerprint density at radius 3 is 2.23 bits per heavy atom. The molecule has 1 heterocycles. The van der Waals surface area contributed by atoms with Crippen LogP contribution < -0.4 is 10.6 Å². The van der Waals surface area contributed by atoms with E-state index in [-0.39, 0.29) is 0 Å². The Balaban J connectivity index is 1.95. The molecular formula is C17H25N5. The topological polar surface area (TPSA) is 53.1 Å². The highest BCUT2D eigenvalue weighted by atomic mass is 15.1. The van der Waals surface area contributed by atoms with Gasteiger partial charge in [-0.15, -0.1) is 0 Å². The number of likely N-dealkylation sites (N-methyl/N-ethyl adjacent to an activating group) is 1. The Kier molecular flexibility index (Phi) is 5.72. The third-order valence-corrected chi connectivity index (χ3v) is 3.30. The predicted octanol–water partition coefficient (Wildman–Crippen LogP) is 2.68. The van der Waals surface area contributed by atoms with E-state index in [0.29, 0.717) is 0 Å². The lowest BCUT2D eigenvalue weighted by atomic mass is 10.1. The van der Waals surface area contributed by atoms with Gasteiger partial charge in [0.1, 0.15) is 17.5 Å². The molecule has 0 bridgehead atoms. The van der Waals surface area contributed by atoms with Crippen LogP contribution in [-0.4, -0.2) is 42.1 Å². The van der Waals surface area contributed by atoms with Crippen LogP contribution in [-0.2, 0) is 6.54 Å². The molecule has 22 heavy (non-hydrogen) atoms. The van der Waals surface area contributed by atoms with Crippen LogP contribution in [0.2, 0.25) is 0 Å². The van der Waals surface area contributed by atoms with Gasteiger partial charge in [0.25, 0.3) is 0 Å². The van der Waals surface area contributed by atoms with E-state index < -0.39 is 0 Å². The molecule has 0 aliphatic carbocycles. The number of anilines is 2. The number of benzene rings is 1. The number of rotatable bonds is 7. The molecule has 1 aromatic carbocycles. The minimum atomic E-state index is 0.758. The zero-order chi connectivity index (χ0) is 15.9. The molecule has 118 valence electrons. The highest BCUT2D eigenvalue weighted by Crippen LogP contribution is 2.12. The standard InChI is InChI=1S/C17H25N5/c1-13-5-7-15(8-6-13)12-19-17-11-16(20-14(2)21-17)18-9-10-22(3)4/h5-8,11H,9-10,12H2,1-4H3,(H2,18,19,20,21). The van der Waals surface area contributed by atoms with E-state index >= 15 is 0 Å². The predicted molar refractivity (Wildman–Crippen MR) is 92.3 cm³/mol. The van der Waals surface area contributed by atoms with Crippen molar-refractivity contribution in [3.63, 3.8) is 0 Å². The maximum atomic E-state index is 4.44. The van der Waals surface area contributed by atoms with E-state index in [1.54, 1.807) is 0 Å². The average molecular weight is 299 g/mol. The number of hydrogen-bond donors (Lipinski definition) is 2. The van der Waals surface area contributed by atoms with Crippen LogP contribution in [0.25, 0.3) is 0 Å². The van der Waals surface area contributed by atoms with Crippen LogP contribution in [0, 0.1) is 13.8 Å². The molecule has 0 spiro atoms. The Labute approximate surface area is 132 Å². The minimum Gasteiger partial charge on any atom is -0.369 e. The van der Waals surface area contributed by atoms with Crippen molar-refractivity contribution in [3.05, 3.63) is 47.3 Å². The third-order valence-electron chi connectivity index (χ3n) is 3.30. The summed E-state index contributed by atoms with van der Waals surface area (Å²) in [6, 6.07) is 10.5. The fourth-order valence-electron chi connectivity index (χ4n) is 2.05. The highest BCUT2D eigenvalue weighted by molar-refractivity contribution is 5.47. The second-order valence-electron chi connectivity index (χ2n) is 5.75. The lowest BCUT2D eigenvalue weighted by molar-refractivity contribution is 0.425. The maximum absolute atomic E-state index is 4.44. The van der Waals surface area contributed by atoms with Gasteiger partial charge in [-0.05, 0) is 33.5 Å². The van der Waals surface area contributed by atoms with Crippen LogP contribution in [0.3, 0.4) is 0 Å². The maximum Gasteiger partial charge on any atom is 0.132 e. The van der Waals surface area contributed by atoms with Crippen LogP contribution in [0.4, 0.5) is 11.6 Å². The van der Waals surface area contributed by atoms with Gasteiger partial charge < -0.3 is 15.5 Å². The van der Waals surface area contributed by atoms with E-state index in [9.17, 15) is 0 Å². The first-order chi connectivity index (χ1) is 10.5. The molecule has 1 aromatic heterocycles. The van der Waals surface area contributed by atoms with Crippen molar-refractivity contribution in [2.45, 2.75) is 20.4 Å². The number of nitrogens with zero attached hydrogens (tertiary/aromatic N) is 3. The Morgan fingerprint density at radius 1 is 0.955 bits per heavy atom. The monoisotopic (exact) mass is 299 g/mol. The molecule has 0 amide bonds. The first kappa shape index (κ1) is 16.2. The summed E-state index contributed by atoms with van der Waals surface area (Å²) in [4.78, 5) is 11.0. The molecule has 2 aromatic rings. The quantitative estimate of drug-likeness (QED) is 0.823. The summed E-state index contributed by atoms with van der Waals surface area (Å²) in [6.45, 7) is 6.59. The summed E-state index contributed by atoms with van der Waals surface area (Å²) >= 11 is 0. The van der Waals surface area contributed by atoms with Crippen molar-refractivity contribution < 1.29 is 0 Å². The van der Waals surface area contributed by atoms with E-state index in [1.165, 1.54) is 11.1 Å². The second-order valence-corrected chi connectivity index (χ2v) is 5.75. The zero-order valence-corrected chi connectivity index (χ0v) is 13.8. The molecule has 0 aliphatic heterocycles. The summed E-state index contributed by atoms with van der Waals surface area (Å²) in [5.74, 6) is 2.47. The van der Waals surface area contributed by atoms with Gasteiger partial charge in [0.2, 0.25) is 0 Å². The molecule has 2 rings (SSSR count). The van der Waals surface area contributed by atoms with E-state index in [0.717, 1.165) is 37.1 Å². The molecule has 0 fully saturated rings. The fraction of sp³-hybridized carbons (Fsp3) is 0.412. The number of aryl methyl sites for hydroxylation is 2. The van der Waals surface area contributed by atoms with Gasteiger partial charge in [0.15, 0.2) is 0 Å². The third kappa shape index (κ3) is 5.33. The molecule has 0 radical (unpaired) electrons. The van der Waals surface area contributed by atoms with Crippen molar-refractivity contribution in [2.75, 3.05) is 37.8 Å². The van der Waals surface area contributed by atoms with Gasteiger partial charge in [-0.3, -0.25) is 0 Å². The summed E-state index contributed by atoms with van der Waals surface area (Å²) in [5, 5.41) is 6.69. The molecule has 0 unspecified atom stereocenters. The SMILES string of the molecule is Cc1ccc(CNc2cc(NCCN(C)C)nc(C)n2)cc1. The Morgan fingerprint density at radius 2 is 1.59 bits per heavy atom.